The largest absolute Gasteiger partial charge is 0.501 e. The van der Waals surface area contributed by atoms with Gasteiger partial charge in [-0.25, -0.2) is 21.6 Å². The van der Waals surface area contributed by atoms with Crippen LogP contribution in [-0.2, 0) is 19.9 Å². The molecule has 0 spiro atoms. The van der Waals surface area contributed by atoms with Gasteiger partial charge in [0.05, 0.1) is 16.7 Å². The monoisotopic (exact) mass is 957 g/mol. The van der Waals surface area contributed by atoms with E-state index in [0.717, 1.165) is 61.9 Å². The molecule has 11 nitrogen and oxygen atoms in total. The third-order valence-corrected chi connectivity index (χ3v) is 18.4. The number of nitrogens with one attached hydrogen (secondary N) is 2. The summed E-state index contributed by atoms with van der Waals surface area (Å²) in [5.74, 6) is -0.654. The molecule has 2 aliphatic heterocycles. The normalized spacial score (nSPS) is 24.8. The molecule has 9 rings (SSSR count). The molecule has 2 bridgehead atoms. The number of aliphatic hydroxyl groups is 1. The molecule has 3 aromatic rings. The average molecular weight is 958 g/mol. The van der Waals surface area contributed by atoms with E-state index >= 15 is 0 Å². The van der Waals surface area contributed by atoms with E-state index in [1.165, 1.54) is 56.0 Å². The summed E-state index contributed by atoms with van der Waals surface area (Å²) in [4.78, 5) is 19.1. The topological polar surface area (TPSA) is 139 Å². The standard InChI is InChI=1S/C48H62F3N5O6S3/c1-45(2)19-15-41(47-31-46(3,32-47)33-47)35(28-45)29-55-23-25-56(26-24-55)37-11-9-34(10-12-37)44(58)53-65(61,62)40-13-14-42(43(27-40)64(59,60)48(49,50)51)52-36(30-63-39-7-5-4-6-8-39)16-20-54-21-17-38(57)18-22-54/h4-14,27,36,38,52,57H,15-26,28-33H2,1-3H3,(H,53,58)/t36-,46?,47?/m1/s1. The summed E-state index contributed by atoms with van der Waals surface area (Å²) in [5, 5.41) is 12.9. The highest BCUT2D eigenvalue weighted by atomic mass is 32.2. The summed E-state index contributed by atoms with van der Waals surface area (Å²) in [6, 6.07) is 17.8. The summed E-state index contributed by atoms with van der Waals surface area (Å²) in [6.45, 7) is 13.4. The Hall–Kier alpha value is -3.61. The van der Waals surface area contributed by atoms with E-state index in [1.54, 1.807) is 23.3 Å². The van der Waals surface area contributed by atoms with Crippen LogP contribution in [0.4, 0.5) is 24.5 Å². The summed E-state index contributed by atoms with van der Waals surface area (Å²) in [7, 11) is -10.9. The Labute approximate surface area is 386 Å². The van der Waals surface area contributed by atoms with Crippen LogP contribution >= 0.6 is 11.8 Å². The highest BCUT2D eigenvalue weighted by Crippen LogP contribution is 2.77. The van der Waals surface area contributed by atoms with Crippen LogP contribution in [0.25, 0.3) is 0 Å². The Kier molecular flexibility index (Phi) is 13.6. The molecule has 0 unspecified atom stereocenters. The number of amides is 1. The number of aliphatic hydroxyl groups excluding tert-OH is 1. The zero-order valence-corrected chi connectivity index (χ0v) is 39.9. The second-order valence-corrected chi connectivity index (χ2v) is 24.9. The van der Waals surface area contributed by atoms with Gasteiger partial charge >= 0.3 is 5.51 Å². The fraction of sp³-hybridized carbons (Fsp3) is 0.562. The maximum absolute atomic E-state index is 14.2. The Morgan fingerprint density at radius 1 is 0.877 bits per heavy atom. The Morgan fingerprint density at radius 3 is 2.17 bits per heavy atom. The zero-order chi connectivity index (χ0) is 46.4. The number of piperidine rings is 1. The molecule has 3 saturated carbocycles. The number of rotatable bonds is 16. The number of carbonyl (C=O) groups excluding carboxylic acids is 1. The zero-order valence-electron chi connectivity index (χ0n) is 37.5. The molecule has 4 aliphatic carbocycles. The van der Waals surface area contributed by atoms with Crippen molar-refractivity contribution in [3.63, 3.8) is 0 Å². The van der Waals surface area contributed by atoms with Crippen molar-refractivity contribution in [3.05, 3.63) is 89.5 Å². The number of piperazine rings is 1. The molecule has 2 saturated heterocycles. The van der Waals surface area contributed by atoms with Crippen LogP contribution in [0.1, 0.15) is 88.9 Å². The lowest BCUT2D eigenvalue weighted by Gasteiger charge is -2.72. The number of carbonyl (C=O) groups is 1. The number of allylic oxidation sites excluding steroid dienone is 1. The molecule has 0 radical (unpaired) electrons. The van der Waals surface area contributed by atoms with Crippen LogP contribution in [0.3, 0.4) is 0 Å². The van der Waals surface area contributed by atoms with Gasteiger partial charge in [-0.3, -0.25) is 9.69 Å². The van der Waals surface area contributed by atoms with Gasteiger partial charge in [-0.2, -0.15) is 13.2 Å². The molecule has 1 atom stereocenters. The highest BCUT2D eigenvalue weighted by molar-refractivity contribution is 7.99. The van der Waals surface area contributed by atoms with Gasteiger partial charge in [0.15, 0.2) is 0 Å². The van der Waals surface area contributed by atoms with Gasteiger partial charge in [-0.1, -0.05) is 50.1 Å². The van der Waals surface area contributed by atoms with Gasteiger partial charge in [0.1, 0.15) is 4.90 Å². The Bertz CT molecular complexity index is 2450. The number of sulfonamides is 1. The van der Waals surface area contributed by atoms with E-state index in [4.69, 9.17) is 0 Å². The molecular weight excluding hydrogens is 896 g/mol. The summed E-state index contributed by atoms with van der Waals surface area (Å²) < 4.78 is 97.9. The van der Waals surface area contributed by atoms with Crippen molar-refractivity contribution in [1.82, 2.24) is 14.5 Å². The first kappa shape index (κ1) is 47.9. The predicted molar refractivity (Wildman–Crippen MR) is 249 cm³/mol. The van der Waals surface area contributed by atoms with Gasteiger partial charge in [0, 0.05) is 80.3 Å². The third kappa shape index (κ3) is 10.8. The van der Waals surface area contributed by atoms with Crippen molar-refractivity contribution in [2.45, 2.75) is 111 Å². The van der Waals surface area contributed by atoms with Crippen molar-refractivity contribution in [3.8, 4) is 0 Å². The maximum atomic E-state index is 14.2. The van der Waals surface area contributed by atoms with E-state index in [2.05, 4.69) is 40.8 Å². The SMILES string of the molecule is CC1(C)CCC(C23CC(C)(C2)C3)=C(CN2CCN(c3ccc(C(=O)NS(=O)(=O)c4ccc(N[C@H](CCN5CCC(O)CC5)CSc5ccccc5)c(S(=O)(=O)C(F)(F)F)c4)cc3)CC2)C1. The van der Waals surface area contributed by atoms with Crippen molar-refractivity contribution >= 4 is 48.9 Å². The molecule has 17 heteroatoms. The summed E-state index contributed by atoms with van der Waals surface area (Å²) in [6.07, 6.45) is 8.87. The van der Waals surface area contributed by atoms with Crippen molar-refractivity contribution < 1.29 is 39.9 Å². The minimum absolute atomic E-state index is 0.0150. The number of sulfone groups is 1. The van der Waals surface area contributed by atoms with Gasteiger partial charge in [0.25, 0.3) is 25.8 Å². The molecule has 6 aliphatic rings. The second kappa shape index (κ2) is 18.5. The number of hydrogen-bond donors (Lipinski definition) is 3. The highest BCUT2D eigenvalue weighted by Gasteiger charge is 2.66. The van der Waals surface area contributed by atoms with E-state index in [-0.39, 0.29) is 11.7 Å². The second-order valence-electron chi connectivity index (χ2n) is 20.2. The summed E-state index contributed by atoms with van der Waals surface area (Å²) in [5.41, 5.74) is -0.518. The molecule has 1 amide bonds. The first-order chi connectivity index (χ1) is 30.6. The number of alkyl halides is 3. The number of thioether (sulfide) groups is 1. The van der Waals surface area contributed by atoms with Crippen molar-refractivity contribution in [2.75, 3.05) is 68.3 Å². The minimum Gasteiger partial charge on any atom is -0.393 e. The van der Waals surface area contributed by atoms with Gasteiger partial charge < -0.3 is 20.2 Å². The Balaban J connectivity index is 0.924. The lowest BCUT2D eigenvalue weighted by atomic mass is 9.33. The lowest BCUT2D eigenvalue weighted by molar-refractivity contribution is -0.166. The molecule has 0 aromatic heterocycles. The number of hydrogen-bond acceptors (Lipinski definition) is 11. The van der Waals surface area contributed by atoms with Crippen LogP contribution in [0.5, 0.6) is 0 Å². The minimum atomic E-state index is -6.06. The van der Waals surface area contributed by atoms with Gasteiger partial charge in [-0.15, -0.1) is 11.8 Å². The molecule has 5 fully saturated rings. The molecular formula is C48H62F3N5O6S3. The van der Waals surface area contributed by atoms with E-state index in [0.29, 0.717) is 67.0 Å². The summed E-state index contributed by atoms with van der Waals surface area (Å²) >= 11 is 1.44. The van der Waals surface area contributed by atoms with Crippen molar-refractivity contribution in [1.29, 1.82) is 0 Å². The number of nitrogens with zero attached hydrogens (tertiary/aromatic N) is 3. The fourth-order valence-corrected chi connectivity index (χ4v) is 14.1. The van der Waals surface area contributed by atoms with Gasteiger partial charge in [0.2, 0.25) is 0 Å². The number of benzene rings is 3. The van der Waals surface area contributed by atoms with E-state index in [1.807, 2.05) is 35.1 Å². The van der Waals surface area contributed by atoms with Crippen LogP contribution in [-0.4, -0.2) is 113 Å². The van der Waals surface area contributed by atoms with E-state index < -0.39 is 52.8 Å². The molecule has 3 aromatic carbocycles. The lowest BCUT2D eigenvalue weighted by Crippen LogP contribution is -2.61. The number of halogens is 3. The van der Waals surface area contributed by atoms with Crippen LogP contribution in [0, 0.1) is 16.2 Å². The Morgan fingerprint density at radius 2 is 1.54 bits per heavy atom. The third-order valence-electron chi connectivity index (χ3n) is 14.4. The van der Waals surface area contributed by atoms with E-state index in [9.17, 15) is 39.9 Å². The van der Waals surface area contributed by atoms with Crippen LogP contribution in [0.15, 0.2) is 98.6 Å². The quantitative estimate of drug-likeness (QED) is 0.0944. The number of anilines is 2. The maximum Gasteiger partial charge on any atom is 0.501 e. The van der Waals surface area contributed by atoms with Crippen LogP contribution < -0.4 is 14.9 Å². The average Bonchev–Trinajstić information content (AvgIpc) is 3.24. The molecule has 3 N–H and O–H groups in total. The van der Waals surface area contributed by atoms with Gasteiger partial charge in [-0.05, 0) is 129 Å². The smallest absolute Gasteiger partial charge is 0.393 e. The molecule has 2 heterocycles. The number of likely N-dealkylation sites (tertiary alicyclic amines) is 1. The first-order valence-corrected chi connectivity index (χ1v) is 26.7. The molecule has 354 valence electrons. The van der Waals surface area contributed by atoms with Crippen LogP contribution in [0.2, 0.25) is 0 Å². The van der Waals surface area contributed by atoms with Crippen molar-refractivity contribution in [2.24, 2.45) is 16.2 Å². The fourth-order valence-electron chi connectivity index (χ4n) is 11.1. The predicted octanol–water partition coefficient (Wildman–Crippen LogP) is 8.34. The first-order valence-electron chi connectivity index (χ1n) is 22.8. The molecule has 65 heavy (non-hydrogen) atoms.